The van der Waals surface area contributed by atoms with Crippen LogP contribution in [0.2, 0.25) is 0 Å². The van der Waals surface area contributed by atoms with Gasteiger partial charge in [0.2, 0.25) is 0 Å². The molecule has 0 radical (unpaired) electrons. The Balaban J connectivity index is -0.0000000750. The van der Waals surface area contributed by atoms with Gasteiger partial charge in [-0.15, -0.1) is 13.1 Å². The number of hydrogen-bond acceptors (Lipinski definition) is 2. The van der Waals surface area contributed by atoms with Crippen LogP contribution in [0.3, 0.4) is 0 Å². The summed E-state index contributed by atoms with van der Waals surface area (Å²) in [4.78, 5) is 0. The maximum absolute atomic E-state index is 6.75. The summed E-state index contributed by atoms with van der Waals surface area (Å²) in [5.74, 6) is 0. The molecule has 0 atom stereocenters. The van der Waals surface area contributed by atoms with E-state index in [-0.39, 0.29) is 21.1 Å². The molecule has 0 aliphatic heterocycles. The van der Waals surface area contributed by atoms with E-state index in [1.54, 1.807) is 0 Å². The quantitative estimate of drug-likeness (QED) is 0.720. The summed E-state index contributed by atoms with van der Waals surface area (Å²) in [6.07, 6.45) is 0. The molecule has 0 aromatic carbocycles. The van der Waals surface area contributed by atoms with Gasteiger partial charge in [-0.05, 0) is 0 Å². The van der Waals surface area contributed by atoms with Gasteiger partial charge in [0.15, 0.2) is 0 Å². The Morgan fingerprint density at radius 3 is 1.38 bits per heavy atom. The molecule has 0 saturated heterocycles. The molecule has 0 saturated carbocycles. The van der Waals surface area contributed by atoms with E-state index in [1.807, 2.05) is 0 Å². The van der Waals surface area contributed by atoms with E-state index in [4.69, 9.17) is 5.11 Å². The first kappa shape index (κ1) is 15.8. The van der Waals surface area contributed by atoms with Crippen molar-refractivity contribution in [1.29, 1.82) is 0 Å². The van der Waals surface area contributed by atoms with Gasteiger partial charge < -0.3 is 24.3 Å². The molecule has 0 spiro atoms. The normalized spacial score (nSPS) is 6.00. The minimum absolute atomic E-state index is 0. The van der Waals surface area contributed by atoms with Gasteiger partial charge in [0, 0.05) is 21.1 Å². The topological polar surface area (TPSA) is 32.3 Å². The zero-order chi connectivity index (χ0) is 6.12. The molecule has 52 valence electrons. The Labute approximate surface area is 65.9 Å². The van der Waals surface area contributed by atoms with Gasteiger partial charge >= 0.3 is 0 Å². The summed E-state index contributed by atoms with van der Waals surface area (Å²) in [5, 5.41) is 9.64. The Bertz CT molecular complexity index is 19.9. The maximum Gasteiger partial charge on any atom is 0 e. The summed E-state index contributed by atoms with van der Waals surface area (Å²) in [7, 11) is 2.25. The van der Waals surface area contributed by atoms with Crippen molar-refractivity contribution in [3.05, 3.63) is 21.0 Å². The molecule has 0 aromatic rings. The van der Waals surface area contributed by atoms with Crippen molar-refractivity contribution in [1.82, 2.24) is 5.32 Å². The standard InChI is InChI=1S/C4H9N.CH3O.W/c1-3-5-4-2;1-2;/h5H,1-4H2;2H,1H2;/q-2;-1;. The minimum Gasteiger partial charge on any atom is -0.569 e. The van der Waals surface area contributed by atoms with Crippen LogP contribution in [0.15, 0.2) is 0 Å². The molecule has 0 unspecified atom stereocenters. The fraction of sp³-hybridized carbons (Fsp3) is 0.400. The maximum atomic E-state index is 6.75. The zero-order valence-corrected chi connectivity index (χ0v) is 7.82. The van der Waals surface area contributed by atoms with Crippen LogP contribution in [0, 0.1) is 21.0 Å². The second kappa shape index (κ2) is 25.5. The number of hydrogen-bond donors (Lipinski definition) is 2. The van der Waals surface area contributed by atoms with Gasteiger partial charge in [0.05, 0.1) is 0 Å². The van der Waals surface area contributed by atoms with Crippen LogP contribution in [0.4, 0.5) is 0 Å². The third-order valence-electron chi connectivity index (χ3n) is 0.354. The molecular formula is C5H12NOW-3. The van der Waals surface area contributed by atoms with Gasteiger partial charge in [0.25, 0.3) is 0 Å². The molecule has 0 bridgehead atoms. The Hall–Kier alpha value is 0.608. The SMILES string of the molecule is [CH2-]CNC[CH2-].[CH2-]O.[W]. The molecule has 0 fully saturated rings. The Kier molecular flexibility index (Phi) is 50.5. The fourth-order valence-corrected chi connectivity index (χ4v) is 0.125. The molecule has 2 N–H and O–H groups in total. The van der Waals surface area contributed by atoms with E-state index in [1.165, 1.54) is 0 Å². The molecule has 0 amide bonds. The second-order valence-corrected chi connectivity index (χ2v) is 0.750. The number of nitrogens with one attached hydrogen (secondary N) is 1. The van der Waals surface area contributed by atoms with Crippen LogP contribution >= 0.6 is 0 Å². The summed E-state index contributed by atoms with van der Waals surface area (Å²) >= 11 is 0. The molecule has 0 rings (SSSR count). The van der Waals surface area contributed by atoms with Gasteiger partial charge in [-0.1, -0.05) is 0 Å². The van der Waals surface area contributed by atoms with Crippen LogP contribution < -0.4 is 5.32 Å². The van der Waals surface area contributed by atoms with Gasteiger partial charge in [-0.25, -0.2) is 7.11 Å². The van der Waals surface area contributed by atoms with Crippen LogP contribution in [0.25, 0.3) is 0 Å². The third kappa shape index (κ3) is 30.6. The molecule has 2 nitrogen and oxygen atoms in total. The fourth-order valence-electron chi connectivity index (χ4n) is 0.125. The smallest absolute Gasteiger partial charge is 0 e. The van der Waals surface area contributed by atoms with E-state index in [2.05, 4.69) is 26.3 Å². The van der Waals surface area contributed by atoms with Crippen molar-refractivity contribution >= 4 is 0 Å². The van der Waals surface area contributed by atoms with Gasteiger partial charge in [-0.3, -0.25) is 0 Å². The number of aliphatic hydroxyl groups excluding tert-OH is 1. The summed E-state index contributed by atoms with van der Waals surface area (Å²) in [6, 6.07) is 0. The van der Waals surface area contributed by atoms with E-state index < -0.39 is 0 Å². The first-order chi connectivity index (χ1) is 3.41. The largest absolute Gasteiger partial charge is 0.569 e. The predicted octanol–water partition coefficient (Wildman–Crippen LogP) is 0.392. The summed E-state index contributed by atoms with van der Waals surface area (Å²) in [6.45, 7) is 8.61. The van der Waals surface area contributed by atoms with Crippen LogP contribution in [0.1, 0.15) is 0 Å². The van der Waals surface area contributed by atoms with Crippen molar-refractivity contribution in [2.45, 2.75) is 0 Å². The molecule has 0 aromatic heterocycles. The monoisotopic (exact) mass is 286 g/mol. The van der Waals surface area contributed by atoms with Crippen LogP contribution in [-0.2, 0) is 21.1 Å². The third-order valence-corrected chi connectivity index (χ3v) is 0.354. The second-order valence-electron chi connectivity index (χ2n) is 0.750. The van der Waals surface area contributed by atoms with Crippen LogP contribution in [0.5, 0.6) is 0 Å². The average Bonchev–Trinajstić information content (AvgIpc) is 1.75. The van der Waals surface area contributed by atoms with E-state index >= 15 is 0 Å². The molecular weight excluding hydrogens is 274 g/mol. The van der Waals surface area contributed by atoms with Crippen molar-refractivity contribution in [2.75, 3.05) is 13.1 Å². The number of rotatable bonds is 2. The van der Waals surface area contributed by atoms with Crippen molar-refractivity contribution < 1.29 is 26.2 Å². The first-order valence-corrected chi connectivity index (χ1v) is 2.02. The van der Waals surface area contributed by atoms with Crippen molar-refractivity contribution in [3.8, 4) is 0 Å². The van der Waals surface area contributed by atoms with E-state index in [9.17, 15) is 0 Å². The predicted molar refractivity (Wildman–Crippen MR) is 30.9 cm³/mol. The summed E-state index contributed by atoms with van der Waals surface area (Å²) in [5.41, 5.74) is 0. The Morgan fingerprint density at radius 1 is 1.12 bits per heavy atom. The van der Waals surface area contributed by atoms with Crippen LogP contribution in [-0.4, -0.2) is 18.2 Å². The molecule has 0 heterocycles. The van der Waals surface area contributed by atoms with Crippen molar-refractivity contribution in [2.24, 2.45) is 0 Å². The molecule has 0 aliphatic rings. The van der Waals surface area contributed by atoms with E-state index in [0.717, 1.165) is 13.1 Å². The van der Waals surface area contributed by atoms with E-state index in [0.29, 0.717) is 0 Å². The molecule has 3 heteroatoms. The summed E-state index contributed by atoms with van der Waals surface area (Å²) < 4.78 is 0. The van der Waals surface area contributed by atoms with Gasteiger partial charge in [-0.2, -0.15) is 0 Å². The molecule has 0 aliphatic carbocycles. The first-order valence-electron chi connectivity index (χ1n) is 2.02. The zero-order valence-electron chi connectivity index (χ0n) is 4.89. The average molecular weight is 286 g/mol. The van der Waals surface area contributed by atoms with Gasteiger partial charge in [0.1, 0.15) is 0 Å². The Morgan fingerprint density at radius 2 is 1.38 bits per heavy atom. The van der Waals surface area contributed by atoms with Crippen molar-refractivity contribution in [3.63, 3.8) is 0 Å². The minimum atomic E-state index is 0. The number of aliphatic hydroxyl groups is 1. The molecule has 8 heavy (non-hydrogen) atoms.